The number of hydrogen-bond acceptors (Lipinski definition) is 3. The highest BCUT2D eigenvalue weighted by Crippen LogP contribution is 2.30. The van der Waals surface area contributed by atoms with Gasteiger partial charge in [0, 0.05) is 11.4 Å². The Bertz CT molecular complexity index is 699. The molecule has 0 saturated carbocycles. The van der Waals surface area contributed by atoms with Crippen molar-refractivity contribution in [1.29, 1.82) is 0 Å². The van der Waals surface area contributed by atoms with E-state index >= 15 is 0 Å². The fraction of sp³-hybridized carbons (Fsp3) is 0.636. The molecule has 0 radical (unpaired) electrons. The Kier molecular flexibility index (Phi) is 8.32. The first-order valence-electron chi connectivity index (χ1n) is 10.5. The Labute approximate surface area is 174 Å². The van der Waals surface area contributed by atoms with Gasteiger partial charge >= 0.3 is 5.97 Å². The van der Waals surface area contributed by atoms with Gasteiger partial charge in [-0.25, -0.2) is 4.79 Å². The Morgan fingerprint density at radius 1 is 1.18 bits per heavy atom. The number of carbonyl (C=O) groups excluding carboxylic acids is 2. The molecule has 1 aliphatic heterocycles. The van der Waals surface area contributed by atoms with E-state index < -0.39 is 5.97 Å². The zero-order valence-corrected chi connectivity index (χ0v) is 18.4. The third-order valence-corrected chi connectivity index (χ3v) is 6.12. The second-order valence-corrected chi connectivity index (χ2v) is 8.14. The highest BCUT2D eigenvalue weighted by molar-refractivity contribution is 6.31. The number of quaternary nitrogens is 1. The second kappa shape index (κ2) is 10.3. The lowest BCUT2D eigenvalue weighted by atomic mass is 9.98. The lowest BCUT2D eigenvalue weighted by Crippen LogP contribution is -2.62. The predicted molar refractivity (Wildman–Crippen MR) is 114 cm³/mol. The number of likely N-dealkylation sites (N-methyl/N-ethyl adjacent to an activating group) is 1. The van der Waals surface area contributed by atoms with Gasteiger partial charge in [0.15, 0.2) is 6.04 Å². The molecule has 1 amide bonds. The first-order chi connectivity index (χ1) is 13.4. The number of esters is 1. The summed E-state index contributed by atoms with van der Waals surface area (Å²) in [7, 11) is 0. The monoisotopic (exact) mass is 409 g/mol. The summed E-state index contributed by atoms with van der Waals surface area (Å²) in [5.74, 6) is -0.477. The number of benzene rings is 1. The number of ether oxygens (including phenoxy) is 1. The molecular formula is C22H34ClN2O3+. The predicted octanol–water partition coefficient (Wildman–Crippen LogP) is 4.95. The van der Waals surface area contributed by atoms with E-state index in [-0.39, 0.29) is 18.6 Å². The van der Waals surface area contributed by atoms with Crippen LogP contribution < -0.4 is 5.32 Å². The fourth-order valence-corrected chi connectivity index (χ4v) is 4.68. The van der Waals surface area contributed by atoms with E-state index in [1.54, 1.807) is 19.1 Å². The average molecular weight is 410 g/mol. The highest BCUT2D eigenvalue weighted by Gasteiger charge is 2.41. The Balaban J connectivity index is 2.36. The van der Waals surface area contributed by atoms with Crippen molar-refractivity contribution in [3.8, 4) is 0 Å². The number of rotatable bonds is 8. The van der Waals surface area contributed by atoms with Crippen molar-refractivity contribution in [2.45, 2.75) is 65.8 Å². The van der Waals surface area contributed by atoms with Crippen LogP contribution in [0.25, 0.3) is 0 Å². The van der Waals surface area contributed by atoms with Gasteiger partial charge in [0.25, 0.3) is 5.91 Å². The van der Waals surface area contributed by atoms with E-state index in [4.69, 9.17) is 16.3 Å². The normalized spacial score (nSPS) is 17.0. The van der Waals surface area contributed by atoms with Crippen molar-refractivity contribution in [3.05, 3.63) is 28.3 Å². The van der Waals surface area contributed by atoms with Gasteiger partial charge in [-0.2, -0.15) is 0 Å². The van der Waals surface area contributed by atoms with Crippen LogP contribution in [-0.2, 0) is 9.53 Å². The van der Waals surface area contributed by atoms with Crippen LogP contribution in [0.3, 0.4) is 0 Å². The van der Waals surface area contributed by atoms with E-state index in [0.717, 1.165) is 55.4 Å². The lowest BCUT2D eigenvalue weighted by molar-refractivity contribution is -0.945. The molecule has 28 heavy (non-hydrogen) atoms. The van der Waals surface area contributed by atoms with Crippen molar-refractivity contribution in [2.75, 3.05) is 31.6 Å². The molecule has 1 atom stereocenters. The van der Waals surface area contributed by atoms with E-state index in [1.807, 2.05) is 6.92 Å². The van der Waals surface area contributed by atoms with Crippen LogP contribution in [0.4, 0.5) is 5.69 Å². The van der Waals surface area contributed by atoms with Crippen LogP contribution >= 0.6 is 11.6 Å². The standard InChI is InChI=1S/C22H33ClN2O3/c1-5-11-19(25(6-2)12-9-8-10-13-25)21(26)24-20-16(4)14-17(23)15-18(20)22(27)28-7-3/h14-15,19H,5-13H2,1-4H3/p+1. The third-order valence-electron chi connectivity index (χ3n) is 5.91. The molecule has 1 saturated heterocycles. The summed E-state index contributed by atoms with van der Waals surface area (Å²) in [6, 6.07) is 3.22. The van der Waals surface area contributed by atoms with Crippen molar-refractivity contribution in [2.24, 2.45) is 0 Å². The number of anilines is 1. The number of halogens is 1. The minimum atomic E-state index is -0.465. The maximum Gasteiger partial charge on any atom is 0.340 e. The van der Waals surface area contributed by atoms with Crippen LogP contribution in [0.1, 0.15) is 68.8 Å². The van der Waals surface area contributed by atoms with E-state index in [0.29, 0.717) is 16.3 Å². The zero-order chi connectivity index (χ0) is 20.7. The van der Waals surface area contributed by atoms with Gasteiger partial charge < -0.3 is 14.5 Å². The molecule has 1 N–H and O–H groups in total. The van der Waals surface area contributed by atoms with Crippen molar-refractivity contribution >= 4 is 29.2 Å². The molecule has 1 aromatic carbocycles. The van der Waals surface area contributed by atoms with Crippen LogP contribution in [-0.4, -0.2) is 48.6 Å². The minimum Gasteiger partial charge on any atom is -0.462 e. The fourth-order valence-electron chi connectivity index (χ4n) is 4.40. The van der Waals surface area contributed by atoms with Gasteiger partial charge in [0.2, 0.25) is 0 Å². The number of carbonyl (C=O) groups is 2. The molecular weight excluding hydrogens is 376 g/mol. The highest BCUT2D eigenvalue weighted by atomic mass is 35.5. The molecule has 1 fully saturated rings. The van der Waals surface area contributed by atoms with Crippen molar-refractivity contribution in [3.63, 3.8) is 0 Å². The zero-order valence-electron chi connectivity index (χ0n) is 17.6. The maximum atomic E-state index is 13.4. The van der Waals surface area contributed by atoms with Crippen LogP contribution in [0, 0.1) is 6.92 Å². The summed E-state index contributed by atoms with van der Waals surface area (Å²) < 4.78 is 6.01. The van der Waals surface area contributed by atoms with Gasteiger partial charge in [-0.3, -0.25) is 4.79 Å². The van der Waals surface area contributed by atoms with E-state index in [9.17, 15) is 9.59 Å². The SMILES string of the molecule is CCCC(C(=O)Nc1c(C)cc(Cl)cc1C(=O)OCC)[N+]1(CC)CCCCC1. The third kappa shape index (κ3) is 5.06. The molecule has 0 spiro atoms. The van der Waals surface area contributed by atoms with Gasteiger partial charge in [0.1, 0.15) is 0 Å². The molecule has 6 heteroatoms. The molecule has 0 aliphatic carbocycles. The van der Waals surface area contributed by atoms with E-state index in [2.05, 4.69) is 19.2 Å². The molecule has 0 bridgehead atoms. The number of likely N-dealkylation sites (tertiary alicyclic amines) is 1. The summed E-state index contributed by atoms with van der Waals surface area (Å²) in [6.45, 7) is 11.2. The number of nitrogens with zero attached hydrogens (tertiary/aromatic N) is 1. The minimum absolute atomic E-state index is 0.0124. The molecule has 0 aromatic heterocycles. The first-order valence-corrected chi connectivity index (χ1v) is 10.9. The Hall–Kier alpha value is -1.59. The number of hydrogen-bond donors (Lipinski definition) is 1. The second-order valence-electron chi connectivity index (χ2n) is 7.70. The topological polar surface area (TPSA) is 55.4 Å². The molecule has 2 rings (SSSR count). The van der Waals surface area contributed by atoms with Crippen molar-refractivity contribution in [1.82, 2.24) is 0 Å². The summed E-state index contributed by atoms with van der Waals surface area (Å²) >= 11 is 6.16. The summed E-state index contributed by atoms with van der Waals surface area (Å²) in [5, 5.41) is 3.53. The lowest BCUT2D eigenvalue weighted by Gasteiger charge is -2.46. The van der Waals surface area contributed by atoms with Crippen LogP contribution in [0.2, 0.25) is 5.02 Å². The Morgan fingerprint density at radius 2 is 1.86 bits per heavy atom. The van der Waals surface area contributed by atoms with Gasteiger partial charge in [-0.05, 0) is 64.2 Å². The average Bonchev–Trinajstić information content (AvgIpc) is 2.68. The van der Waals surface area contributed by atoms with Crippen LogP contribution in [0.15, 0.2) is 12.1 Å². The molecule has 156 valence electrons. The number of aryl methyl sites for hydroxylation is 1. The molecule has 1 aromatic rings. The van der Waals surface area contributed by atoms with Gasteiger partial charge in [-0.1, -0.05) is 18.5 Å². The number of piperidine rings is 1. The quantitative estimate of drug-likeness (QED) is 0.488. The van der Waals surface area contributed by atoms with Gasteiger partial charge in [0.05, 0.1) is 37.5 Å². The molecule has 1 heterocycles. The number of nitrogens with one attached hydrogen (secondary N) is 1. The van der Waals surface area contributed by atoms with Crippen LogP contribution in [0.5, 0.6) is 0 Å². The van der Waals surface area contributed by atoms with Gasteiger partial charge in [-0.15, -0.1) is 0 Å². The molecule has 5 nitrogen and oxygen atoms in total. The number of amides is 1. The van der Waals surface area contributed by atoms with Crippen molar-refractivity contribution < 1.29 is 18.8 Å². The molecule has 1 unspecified atom stereocenters. The largest absolute Gasteiger partial charge is 0.462 e. The maximum absolute atomic E-state index is 13.4. The summed E-state index contributed by atoms with van der Waals surface area (Å²) in [6.07, 6.45) is 5.35. The van der Waals surface area contributed by atoms with E-state index in [1.165, 1.54) is 6.42 Å². The summed E-state index contributed by atoms with van der Waals surface area (Å²) in [5.41, 5.74) is 1.60. The Morgan fingerprint density at radius 3 is 2.43 bits per heavy atom. The first kappa shape index (κ1) is 22.7. The molecule has 1 aliphatic rings. The summed E-state index contributed by atoms with van der Waals surface area (Å²) in [4.78, 5) is 25.9. The smallest absolute Gasteiger partial charge is 0.340 e.